The van der Waals surface area contributed by atoms with E-state index in [-0.39, 0.29) is 12.0 Å². The number of aliphatic hydroxyl groups excluding tert-OH is 1. The Labute approximate surface area is 133 Å². The molecule has 22 heavy (non-hydrogen) atoms. The average Bonchev–Trinajstić information content (AvgIpc) is 2.80. The summed E-state index contributed by atoms with van der Waals surface area (Å²) in [7, 11) is 0. The predicted molar refractivity (Wildman–Crippen MR) is 88.5 cm³/mol. The minimum absolute atomic E-state index is 0.178. The van der Waals surface area contributed by atoms with E-state index >= 15 is 0 Å². The highest BCUT2D eigenvalue weighted by Crippen LogP contribution is 2.34. The molecule has 1 aliphatic heterocycles. The summed E-state index contributed by atoms with van der Waals surface area (Å²) < 4.78 is 11.6. The number of fused-ring (bicyclic) bond motifs is 1. The highest BCUT2D eigenvalue weighted by atomic mass is 16.5. The van der Waals surface area contributed by atoms with E-state index in [0.717, 1.165) is 62.4 Å². The van der Waals surface area contributed by atoms with Crippen LogP contribution in [-0.4, -0.2) is 31.5 Å². The summed E-state index contributed by atoms with van der Waals surface area (Å²) in [5.41, 5.74) is 1.32. The van der Waals surface area contributed by atoms with Gasteiger partial charge >= 0.3 is 0 Å². The molecule has 0 fully saturated rings. The number of hydrogen-bond acceptors (Lipinski definition) is 4. The van der Waals surface area contributed by atoms with Gasteiger partial charge in [0.05, 0.1) is 13.2 Å². The first-order valence-corrected chi connectivity index (χ1v) is 8.43. The van der Waals surface area contributed by atoms with Crippen LogP contribution in [0.4, 0.5) is 0 Å². The van der Waals surface area contributed by atoms with Crippen LogP contribution in [0.5, 0.6) is 11.5 Å². The van der Waals surface area contributed by atoms with E-state index in [4.69, 9.17) is 9.47 Å². The number of nitrogens with one attached hydrogen (secondary N) is 1. The molecule has 1 heterocycles. The largest absolute Gasteiger partial charge is 0.490 e. The Morgan fingerprint density at radius 1 is 1.18 bits per heavy atom. The van der Waals surface area contributed by atoms with Crippen LogP contribution < -0.4 is 14.8 Å². The van der Waals surface area contributed by atoms with E-state index in [0.29, 0.717) is 6.61 Å². The zero-order valence-corrected chi connectivity index (χ0v) is 13.9. The summed E-state index contributed by atoms with van der Waals surface area (Å²) in [6, 6.07) is 6.08. The lowest BCUT2D eigenvalue weighted by atomic mass is 9.79. The van der Waals surface area contributed by atoms with Crippen LogP contribution >= 0.6 is 0 Å². The number of para-hydroxylation sites is 1. The van der Waals surface area contributed by atoms with Crippen molar-refractivity contribution < 1.29 is 14.6 Å². The molecule has 1 aliphatic rings. The second-order valence-corrected chi connectivity index (χ2v) is 6.08. The summed E-state index contributed by atoms with van der Waals surface area (Å²) in [5.74, 6) is 1.73. The quantitative estimate of drug-likeness (QED) is 0.775. The van der Waals surface area contributed by atoms with Crippen molar-refractivity contribution in [3.8, 4) is 11.5 Å². The molecule has 4 heteroatoms. The van der Waals surface area contributed by atoms with E-state index in [1.54, 1.807) is 0 Å². The van der Waals surface area contributed by atoms with Crippen molar-refractivity contribution in [2.45, 2.75) is 46.1 Å². The van der Waals surface area contributed by atoms with Crippen LogP contribution in [0.1, 0.15) is 45.1 Å². The first-order chi connectivity index (χ1) is 10.7. The van der Waals surface area contributed by atoms with E-state index in [2.05, 4.69) is 25.2 Å². The highest BCUT2D eigenvalue weighted by molar-refractivity contribution is 5.47. The maximum atomic E-state index is 9.31. The Balaban J connectivity index is 1.99. The molecule has 2 N–H and O–H groups in total. The SMILES string of the molecule is CCC(CC)(CCO)CNCc1cccc2c1OCCCO2. The summed E-state index contributed by atoms with van der Waals surface area (Å²) in [5, 5.41) is 12.9. The van der Waals surface area contributed by atoms with Gasteiger partial charge in [-0.15, -0.1) is 0 Å². The minimum Gasteiger partial charge on any atom is -0.490 e. The maximum Gasteiger partial charge on any atom is 0.165 e. The van der Waals surface area contributed by atoms with Crippen molar-refractivity contribution in [2.24, 2.45) is 5.41 Å². The van der Waals surface area contributed by atoms with Crippen molar-refractivity contribution in [1.29, 1.82) is 0 Å². The Bertz CT molecular complexity index is 458. The normalized spacial score (nSPS) is 14.7. The van der Waals surface area contributed by atoms with Gasteiger partial charge in [0.2, 0.25) is 0 Å². The molecule has 1 aromatic carbocycles. The van der Waals surface area contributed by atoms with Gasteiger partial charge in [0.1, 0.15) is 0 Å². The average molecular weight is 307 g/mol. The molecule has 0 saturated heterocycles. The van der Waals surface area contributed by atoms with Crippen LogP contribution in [-0.2, 0) is 6.54 Å². The zero-order chi connectivity index (χ0) is 15.8. The first-order valence-electron chi connectivity index (χ1n) is 8.43. The molecular weight excluding hydrogens is 278 g/mol. The topological polar surface area (TPSA) is 50.7 Å². The number of rotatable bonds is 8. The molecule has 124 valence electrons. The molecule has 0 aromatic heterocycles. The van der Waals surface area contributed by atoms with Crippen molar-refractivity contribution in [1.82, 2.24) is 5.32 Å². The Morgan fingerprint density at radius 3 is 2.68 bits per heavy atom. The van der Waals surface area contributed by atoms with Crippen molar-refractivity contribution in [3.05, 3.63) is 23.8 Å². The van der Waals surface area contributed by atoms with Gasteiger partial charge in [-0.2, -0.15) is 0 Å². The Kier molecular flexibility index (Phi) is 6.52. The van der Waals surface area contributed by atoms with Gasteiger partial charge in [-0.3, -0.25) is 0 Å². The van der Waals surface area contributed by atoms with Crippen LogP contribution in [0.3, 0.4) is 0 Å². The van der Waals surface area contributed by atoms with Gasteiger partial charge in [0, 0.05) is 31.7 Å². The second-order valence-electron chi connectivity index (χ2n) is 6.08. The molecule has 0 aliphatic carbocycles. The zero-order valence-electron chi connectivity index (χ0n) is 13.9. The third-order valence-corrected chi connectivity index (χ3v) is 4.81. The van der Waals surface area contributed by atoms with Crippen molar-refractivity contribution in [3.63, 3.8) is 0 Å². The lowest BCUT2D eigenvalue weighted by molar-refractivity contribution is 0.163. The molecule has 1 aromatic rings. The fraction of sp³-hybridized carbons (Fsp3) is 0.667. The fourth-order valence-corrected chi connectivity index (χ4v) is 3.03. The first kappa shape index (κ1) is 17.1. The molecule has 2 rings (SSSR count). The molecule has 0 saturated carbocycles. The molecule has 0 amide bonds. The molecule has 4 nitrogen and oxygen atoms in total. The summed E-state index contributed by atoms with van der Waals surface area (Å²) in [6.07, 6.45) is 3.92. The van der Waals surface area contributed by atoms with Gasteiger partial charge in [-0.05, 0) is 30.7 Å². The van der Waals surface area contributed by atoms with Gasteiger partial charge in [0.15, 0.2) is 11.5 Å². The standard InChI is InChI=1S/C18H29NO3/c1-3-18(4-2,9-10-20)14-19-13-15-7-5-8-16-17(15)22-12-6-11-21-16/h5,7-8,19-20H,3-4,6,9-14H2,1-2H3. The van der Waals surface area contributed by atoms with Crippen LogP contribution in [0.2, 0.25) is 0 Å². The number of hydrogen-bond donors (Lipinski definition) is 2. The molecular formula is C18H29NO3. The summed E-state index contributed by atoms with van der Waals surface area (Å²) in [4.78, 5) is 0. The Hall–Kier alpha value is -1.26. The predicted octanol–water partition coefficient (Wildman–Crippen LogP) is 3.13. The molecule has 0 spiro atoms. The third kappa shape index (κ3) is 4.14. The lowest BCUT2D eigenvalue weighted by Crippen LogP contribution is -2.34. The Morgan fingerprint density at radius 2 is 1.95 bits per heavy atom. The summed E-state index contributed by atoms with van der Waals surface area (Å²) >= 11 is 0. The number of ether oxygens (including phenoxy) is 2. The molecule has 0 atom stereocenters. The number of benzene rings is 1. The van der Waals surface area contributed by atoms with Crippen molar-refractivity contribution >= 4 is 0 Å². The fourth-order valence-electron chi connectivity index (χ4n) is 3.03. The third-order valence-electron chi connectivity index (χ3n) is 4.81. The van der Waals surface area contributed by atoms with Crippen LogP contribution in [0.15, 0.2) is 18.2 Å². The van der Waals surface area contributed by atoms with Crippen molar-refractivity contribution in [2.75, 3.05) is 26.4 Å². The molecule has 0 bridgehead atoms. The smallest absolute Gasteiger partial charge is 0.165 e. The van der Waals surface area contributed by atoms with Gasteiger partial charge in [-0.1, -0.05) is 26.0 Å². The van der Waals surface area contributed by atoms with Gasteiger partial charge in [-0.25, -0.2) is 0 Å². The van der Waals surface area contributed by atoms with E-state index in [1.165, 1.54) is 0 Å². The highest BCUT2D eigenvalue weighted by Gasteiger charge is 2.25. The van der Waals surface area contributed by atoms with Gasteiger partial charge in [0.25, 0.3) is 0 Å². The van der Waals surface area contributed by atoms with Gasteiger partial charge < -0.3 is 19.9 Å². The molecule has 0 radical (unpaired) electrons. The summed E-state index contributed by atoms with van der Waals surface area (Å²) in [6.45, 7) is 7.75. The van der Waals surface area contributed by atoms with E-state index < -0.39 is 0 Å². The monoisotopic (exact) mass is 307 g/mol. The van der Waals surface area contributed by atoms with E-state index in [1.807, 2.05) is 12.1 Å². The van der Waals surface area contributed by atoms with E-state index in [9.17, 15) is 5.11 Å². The van der Waals surface area contributed by atoms with Crippen LogP contribution in [0.25, 0.3) is 0 Å². The van der Waals surface area contributed by atoms with Crippen LogP contribution in [0, 0.1) is 5.41 Å². The minimum atomic E-state index is 0.178. The molecule has 0 unspecified atom stereocenters. The second kappa shape index (κ2) is 8.39. The number of aliphatic hydroxyl groups is 1. The lowest BCUT2D eigenvalue weighted by Gasteiger charge is -2.31. The maximum absolute atomic E-state index is 9.31.